The van der Waals surface area contributed by atoms with Crippen molar-refractivity contribution in [1.82, 2.24) is 5.32 Å². The molecule has 2 fully saturated rings. The molecule has 4 atom stereocenters. The third kappa shape index (κ3) is 4.64. The van der Waals surface area contributed by atoms with Crippen LogP contribution >= 0.6 is 0 Å². The van der Waals surface area contributed by atoms with E-state index in [0.717, 1.165) is 18.4 Å². The third-order valence-electron chi connectivity index (χ3n) is 5.44. The number of fused-ring (bicyclic) bond motifs is 1. The number of hydrogen-bond acceptors (Lipinski definition) is 4. The van der Waals surface area contributed by atoms with E-state index in [1.54, 1.807) is 0 Å². The lowest BCUT2D eigenvalue weighted by molar-refractivity contribution is -0.192. The molecule has 1 aromatic carbocycles. The van der Waals surface area contributed by atoms with Gasteiger partial charge in [-0.15, -0.1) is 0 Å². The predicted octanol–water partition coefficient (Wildman–Crippen LogP) is 2.33. The fourth-order valence-corrected chi connectivity index (χ4v) is 3.54. The topological polar surface area (TPSA) is 113 Å². The van der Waals surface area contributed by atoms with E-state index < -0.39 is 12.1 Å². The Bertz CT molecular complexity index is 721. The van der Waals surface area contributed by atoms with Gasteiger partial charge in [0.2, 0.25) is 5.91 Å². The van der Waals surface area contributed by atoms with E-state index in [9.17, 15) is 23.1 Å². The molecule has 0 radical (unpaired) electrons. The van der Waals surface area contributed by atoms with Crippen molar-refractivity contribution in [1.29, 1.82) is 0 Å². The van der Waals surface area contributed by atoms with Gasteiger partial charge < -0.3 is 21.3 Å². The van der Waals surface area contributed by atoms with Crippen LogP contribution in [0.1, 0.15) is 49.8 Å². The summed E-state index contributed by atoms with van der Waals surface area (Å²) in [6.07, 6.45) is -3.39. The zero-order valence-electron chi connectivity index (χ0n) is 15.7. The molecule has 0 bridgehead atoms. The van der Waals surface area contributed by atoms with Crippen molar-refractivity contribution in [3.05, 3.63) is 35.4 Å². The van der Waals surface area contributed by atoms with Gasteiger partial charge in [-0.1, -0.05) is 38.1 Å². The Hall–Kier alpha value is -2.13. The molecule has 1 unspecified atom stereocenters. The number of carboxylic acid groups (broad SMARTS) is 1. The molecular weight excluding hydrogens is 377 g/mol. The number of nitrogens with one attached hydrogen (secondary N) is 1. The van der Waals surface area contributed by atoms with Crippen LogP contribution in [-0.2, 0) is 9.59 Å². The van der Waals surface area contributed by atoms with E-state index in [-0.39, 0.29) is 30.0 Å². The quantitative estimate of drug-likeness (QED) is 0.604. The first-order valence-corrected chi connectivity index (χ1v) is 8.99. The van der Waals surface area contributed by atoms with Gasteiger partial charge in [-0.3, -0.25) is 4.79 Å². The second-order valence-corrected chi connectivity index (χ2v) is 7.67. The Morgan fingerprint density at radius 3 is 2.04 bits per heavy atom. The van der Waals surface area contributed by atoms with E-state index in [1.807, 2.05) is 12.1 Å². The second-order valence-electron chi connectivity index (χ2n) is 7.67. The van der Waals surface area contributed by atoms with Crippen LogP contribution in [0.2, 0.25) is 0 Å². The SMILES string of the molecule is CC(C)c1ccc(C(CO)NC(=O)[C@@]23C[C@H](N)[C@@H]2C3)cc1.O=C(O)C(F)(F)F. The molecule has 9 heteroatoms. The van der Waals surface area contributed by atoms with Crippen molar-refractivity contribution in [2.45, 2.75) is 50.9 Å². The van der Waals surface area contributed by atoms with Crippen LogP contribution < -0.4 is 11.1 Å². The van der Waals surface area contributed by atoms with Crippen LogP contribution in [0.3, 0.4) is 0 Å². The minimum atomic E-state index is -5.08. The maximum Gasteiger partial charge on any atom is 0.490 e. The lowest BCUT2D eigenvalue weighted by atomic mass is 9.79. The van der Waals surface area contributed by atoms with Crippen molar-refractivity contribution < 1.29 is 33.0 Å². The number of halogens is 3. The van der Waals surface area contributed by atoms with Gasteiger partial charge in [-0.05, 0) is 35.8 Å². The third-order valence-corrected chi connectivity index (χ3v) is 5.44. The number of carbonyl (C=O) groups excluding carboxylic acids is 1. The number of alkyl halides is 3. The fraction of sp³-hybridized carbons (Fsp3) is 0.579. The smallest absolute Gasteiger partial charge is 0.475 e. The molecule has 0 aromatic heterocycles. The zero-order valence-corrected chi connectivity index (χ0v) is 15.7. The number of rotatable bonds is 5. The molecule has 1 amide bonds. The molecule has 5 N–H and O–H groups in total. The number of aliphatic hydroxyl groups is 1. The number of hydrogen-bond donors (Lipinski definition) is 4. The molecule has 28 heavy (non-hydrogen) atoms. The summed E-state index contributed by atoms with van der Waals surface area (Å²) in [6.45, 7) is 4.21. The normalized spacial score (nSPS) is 26.3. The first-order chi connectivity index (χ1) is 12.9. The van der Waals surface area contributed by atoms with Crippen LogP contribution in [0.25, 0.3) is 0 Å². The van der Waals surface area contributed by atoms with Crippen molar-refractivity contribution in [2.24, 2.45) is 17.1 Å². The molecule has 0 aliphatic heterocycles. The summed E-state index contributed by atoms with van der Waals surface area (Å²) in [5.41, 5.74) is 7.87. The van der Waals surface area contributed by atoms with Crippen LogP contribution in [0.15, 0.2) is 24.3 Å². The highest BCUT2D eigenvalue weighted by Gasteiger charge is 2.70. The second kappa shape index (κ2) is 8.08. The Balaban J connectivity index is 0.000000345. The molecule has 0 saturated heterocycles. The van der Waals surface area contributed by atoms with E-state index in [2.05, 4.69) is 31.3 Å². The van der Waals surface area contributed by atoms with E-state index >= 15 is 0 Å². The van der Waals surface area contributed by atoms with Gasteiger partial charge in [0.05, 0.1) is 18.1 Å². The van der Waals surface area contributed by atoms with Crippen LogP contribution in [0.4, 0.5) is 13.2 Å². The van der Waals surface area contributed by atoms with Gasteiger partial charge in [-0.25, -0.2) is 4.79 Å². The monoisotopic (exact) mass is 402 g/mol. The van der Waals surface area contributed by atoms with E-state index in [1.165, 1.54) is 5.56 Å². The molecule has 156 valence electrons. The average Bonchev–Trinajstić information content (AvgIpc) is 3.25. The van der Waals surface area contributed by atoms with Gasteiger partial charge in [0.15, 0.2) is 0 Å². The number of nitrogens with two attached hydrogens (primary N) is 1. The summed E-state index contributed by atoms with van der Waals surface area (Å²) < 4.78 is 31.7. The summed E-state index contributed by atoms with van der Waals surface area (Å²) in [6, 6.07) is 7.97. The van der Waals surface area contributed by atoms with E-state index in [4.69, 9.17) is 15.6 Å². The molecular formula is C19H25F3N2O4. The first kappa shape index (κ1) is 22.2. The Morgan fingerprint density at radius 1 is 1.21 bits per heavy atom. The molecule has 0 heterocycles. The lowest BCUT2D eigenvalue weighted by Gasteiger charge is -2.32. The number of aliphatic hydroxyl groups excluding tert-OH is 1. The fourth-order valence-electron chi connectivity index (χ4n) is 3.54. The van der Waals surface area contributed by atoms with Crippen LogP contribution in [0.5, 0.6) is 0 Å². The maximum atomic E-state index is 12.4. The number of aliphatic carboxylic acids is 1. The van der Waals surface area contributed by atoms with Gasteiger partial charge in [0, 0.05) is 6.04 Å². The van der Waals surface area contributed by atoms with Crippen molar-refractivity contribution >= 4 is 11.9 Å². The summed E-state index contributed by atoms with van der Waals surface area (Å²) in [7, 11) is 0. The van der Waals surface area contributed by atoms with Gasteiger partial charge in [0.1, 0.15) is 0 Å². The Labute approximate surface area is 160 Å². The first-order valence-electron chi connectivity index (χ1n) is 8.99. The highest BCUT2D eigenvalue weighted by Crippen LogP contribution is 2.66. The predicted molar refractivity (Wildman–Crippen MR) is 95.3 cm³/mol. The molecule has 2 aliphatic carbocycles. The minimum Gasteiger partial charge on any atom is -0.475 e. The lowest BCUT2D eigenvalue weighted by Crippen LogP contribution is -2.48. The summed E-state index contributed by atoms with van der Waals surface area (Å²) >= 11 is 0. The average molecular weight is 402 g/mol. The summed E-state index contributed by atoms with van der Waals surface area (Å²) in [5.74, 6) is -1.86. The molecule has 2 saturated carbocycles. The van der Waals surface area contributed by atoms with Gasteiger partial charge >= 0.3 is 12.1 Å². The largest absolute Gasteiger partial charge is 0.490 e. The molecule has 6 nitrogen and oxygen atoms in total. The van der Waals surface area contributed by atoms with Crippen LogP contribution in [0, 0.1) is 11.3 Å². The number of carbonyl (C=O) groups is 2. The van der Waals surface area contributed by atoms with Crippen LogP contribution in [-0.4, -0.2) is 40.9 Å². The minimum absolute atomic E-state index is 0.0567. The number of amides is 1. The highest BCUT2D eigenvalue weighted by atomic mass is 19.4. The van der Waals surface area contributed by atoms with E-state index in [0.29, 0.717) is 11.8 Å². The number of benzene rings is 1. The maximum absolute atomic E-state index is 12.4. The Kier molecular flexibility index (Phi) is 6.40. The van der Waals surface area contributed by atoms with Gasteiger partial charge in [0.25, 0.3) is 0 Å². The highest BCUT2D eigenvalue weighted by molar-refractivity contribution is 5.88. The molecule has 3 rings (SSSR count). The summed E-state index contributed by atoms with van der Waals surface area (Å²) in [4.78, 5) is 21.3. The van der Waals surface area contributed by atoms with Crippen molar-refractivity contribution in [3.63, 3.8) is 0 Å². The van der Waals surface area contributed by atoms with Gasteiger partial charge in [-0.2, -0.15) is 13.2 Å². The zero-order chi connectivity index (χ0) is 21.3. The molecule has 1 aromatic rings. The standard InChI is InChI=1S/C17H24N2O2.C2HF3O2/c1-10(2)11-3-5-12(6-4-11)15(9-20)19-16(21)17-7-13(17)14(18)8-17;3-2(4,5)1(6)7/h3-6,10,13-15,20H,7-9,18H2,1-2H3,(H,19,21);(H,6,7)/t13-,14-,15?,17-;/m0./s1. The molecule has 2 aliphatic rings. The molecule has 0 spiro atoms. The van der Waals surface area contributed by atoms with Crippen molar-refractivity contribution in [2.75, 3.05) is 6.61 Å². The van der Waals surface area contributed by atoms with Crippen molar-refractivity contribution in [3.8, 4) is 0 Å². The summed E-state index contributed by atoms with van der Waals surface area (Å²) in [5, 5.41) is 19.7. The number of carboxylic acids is 1. The Morgan fingerprint density at radius 2 is 1.71 bits per heavy atom.